The number of morpholine rings is 1. The summed E-state index contributed by atoms with van der Waals surface area (Å²) in [6, 6.07) is 3.81. The molecule has 0 saturated carbocycles. The molecular formula is C14H19F2NO2. The first-order chi connectivity index (χ1) is 8.96. The highest BCUT2D eigenvalue weighted by Gasteiger charge is 2.27. The van der Waals surface area contributed by atoms with Crippen molar-refractivity contribution in [2.75, 3.05) is 19.8 Å². The van der Waals surface area contributed by atoms with Crippen molar-refractivity contribution in [3.8, 4) is 0 Å². The molecule has 1 aromatic carbocycles. The highest BCUT2D eigenvalue weighted by atomic mass is 19.2. The second-order valence-electron chi connectivity index (χ2n) is 5.35. The molecule has 1 heterocycles. The lowest BCUT2D eigenvalue weighted by Gasteiger charge is -2.31. The maximum Gasteiger partial charge on any atom is 0.159 e. The molecule has 0 aliphatic carbocycles. The van der Waals surface area contributed by atoms with Gasteiger partial charge in [0.15, 0.2) is 11.6 Å². The molecule has 3 nitrogen and oxygen atoms in total. The van der Waals surface area contributed by atoms with Crippen LogP contribution in [0.2, 0.25) is 0 Å². The number of aliphatic hydroxyl groups is 1. The van der Waals surface area contributed by atoms with Gasteiger partial charge < -0.3 is 15.2 Å². The fraction of sp³-hybridized carbons (Fsp3) is 0.571. The molecule has 0 bridgehead atoms. The van der Waals surface area contributed by atoms with Crippen molar-refractivity contribution in [2.24, 2.45) is 0 Å². The van der Waals surface area contributed by atoms with Crippen molar-refractivity contribution >= 4 is 0 Å². The zero-order chi connectivity index (χ0) is 13.9. The third-order valence-electron chi connectivity index (χ3n) is 3.25. The molecule has 1 aliphatic rings. The second kappa shape index (κ2) is 5.94. The second-order valence-corrected chi connectivity index (χ2v) is 5.35. The van der Waals surface area contributed by atoms with Crippen LogP contribution in [0.1, 0.15) is 18.9 Å². The molecule has 2 rings (SSSR count). The van der Waals surface area contributed by atoms with Gasteiger partial charge in [0.1, 0.15) is 0 Å². The summed E-state index contributed by atoms with van der Waals surface area (Å²) < 4.78 is 31.3. The van der Waals surface area contributed by atoms with Gasteiger partial charge in [0.25, 0.3) is 0 Å². The van der Waals surface area contributed by atoms with Crippen LogP contribution in [-0.2, 0) is 11.2 Å². The Bertz CT molecular complexity index is 431. The van der Waals surface area contributed by atoms with Crippen LogP contribution < -0.4 is 5.32 Å². The highest BCUT2D eigenvalue weighted by molar-refractivity contribution is 5.19. The molecule has 2 atom stereocenters. The Morgan fingerprint density at radius 2 is 2.21 bits per heavy atom. The molecule has 19 heavy (non-hydrogen) atoms. The average molecular weight is 271 g/mol. The first-order valence-electron chi connectivity index (χ1n) is 6.44. The van der Waals surface area contributed by atoms with Gasteiger partial charge in [0.2, 0.25) is 0 Å². The molecule has 2 N–H and O–H groups in total. The Hall–Kier alpha value is -1.04. The first-order valence-corrected chi connectivity index (χ1v) is 6.44. The zero-order valence-corrected chi connectivity index (χ0v) is 11.0. The van der Waals surface area contributed by atoms with Gasteiger partial charge in [0.05, 0.1) is 18.8 Å². The Kier molecular flexibility index (Phi) is 4.50. The van der Waals surface area contributed by atoms with Crippen molar-refractivity contribution in [2.45, 2.75) is 31.4 Å². The van der Waals surface area contributed by atoms with E-state index in [1.165, 1.54) is 6.07 Å². The number of halogens is 2. The molecule has 0 amide bonds. The maximum atomic E-state index is 13.1. The lowest BCUT2D eigenvalue weighted by Crippen LogP contribution is -2.46. The number of hydrogen-bond acceptors (Lipinski definition) is 3. The van der Waals surface area contributed by atoms with E-state index in [0.29, 0.717) is 25.2 Å². The van der Waals surface area contributed by atoms with Crippen LogP contribution >= 0.6 is 0 Å². The third kappa shape index (κ3) is 4.23. The van der Waals surface area contributed by atoms with Gasteiger partial charge in [0, 0.05) is 19.0 Å². The van der Waals surface area contributed by atoms with Crippen LogP contribution in [-0.4, -0.2) is 36.5 Å². The van der Waals surface area contributed by atoms with E-state index in [2.05, 4.69) is 5.32 Å². The zero-order valence-electron chi connectivity index (χ0n) is 11.0. The van der Waals surface area contributed by atoms with E-state index >= 15 is 0 Å². The molecule has 1 aliphatic heterocycles. The minimum atomic E-state index is -0.983. The highest BCUT2D eigenvalue weighted by Crippen LogP contribution is 2.21. The van der Waals surface area contributed by atoms with Crippen LogP contribution in [0.15, 0.2) is 18.2 Å². The van der Waals surface area contributed by atoms with Crippen LogP contribution in [0.3, 0.4) is 0 Å². The van der Waals surface area contributed by atoms with Gasteiger partial charge in [-0.2, -0.15) is 0 Å². The quantitative estimate of drug-likeness (QED) is 0.874. The fourth-order valence-electron chi connectivity index (χ4n) is 2.44. The van der Waals surface area contributed by atoms with Crippen LogP contribution in [0, 0.1) is 11.6 Å². The topological polar surface area (TPSA) is 41.5 Å². The summed E-state index contributed by atoms with van der Waals surface area (Å²) in [5, 5.41) is 13.6. The molecule has 0 radical (unpaired) electrons. The summed E-state index contributed by atoms with van der Waals surface area (Å²) in [6.07, 6.45) is 0.786. The SMILES string of the molecule is CC(O)(Cc1ccc(F)c(F)c1)CC1COCCN1. The van der Waals surface area contributed by atoms with Crippen LogP contribution in [0.4, 0.5) is 8.78 Å². The molecule has 0 aromatic heterocycles. The van der Waals surface area contributed by atoms with Crippen LogP contribution in [0.5, 0.6) is 0 Å². The number of rotatable bonds is 4. The molecule has 5 heteroatoms. The van der Waals surface area contributed by atoms with Crippen molar-refractivity contribution in [3.05, 3.63) is 35.4 Å². The summed E-state index contributed by atoms with van der Waals surface area (Å²) in [7, 11) is 0. The van der Waals surface area contributed by atoms with Crippen molar-refractivity contribution in [1.82, 2.24) is 5.32 Å². The van der Waals surface area contributed by atoms with E-state index in [1.807, 2.05) is 0 Å². The van der Waals surface area contributed by atoms with E-state index in [0.717, 1.165) is 18.7 Å². The Morgan fingerprint density at radius 1 is 1.42 bits per heavy atom. The Balaban J connectivity index is 1.96. The minimum absolute atomic E-state index is 0.0917. The maximum absolute atomic E-state index is 13.1. The summed E-state index contributed by atoms with van der Waals surface area (Å²) in [5.74, 6) is -1.75. The molecular weight excluding hydrogens is 252 g/mol. The van der Waals surface area contributed by atoms with Crippen molar-refractivity contribution < 1.29 is 18.6 Å². The van der Waals surface area contributed by atoms with E-state index in [-0.39, 0.29) is 12.5 Å². The van der Waals surface area contributed by atoms with Crippen LogP contribution in [0.25, 0.3) is 0 Å². The molecule has 2 unspecified atom stereocenters. The Labute approximate surface area is 111 Å². The molecule has 1 aromatic rings. The Morgan fingerprint density at radius 3 is 2.84 bits per heavy atom. The molecule has 106 valence electrons. The first kappa shape index (κ1) is 14.4. The molecule has 1 fully saturated rings. The van der Waals surface area contributed by atoms with Crippen molar-refractivity contribution in [1.29, 1.82) is 0 Å². The number of hydrogen-bond donors (Lipinski definition) is 2. The minimum Gasteiger partial charge on any atom is -0.390 e. The number of ether oxygens (including phenoxy) is 1. The molecule has 1 saturated heterocycles. The van der Waals surface area contributed by atoms with E-state index < -0.39 is 17.2 Å². The largest absolute Gasteiger partial charge is 0.390 e. The van der Waals surface area contributed by atoms with E-state index in [9.17, 15) is 13.9 Å². The standard InChI is InChI=1S/C14H19F2NO2/c1-14(18,8-11-9-19-5-4-17-11)7-10-2-3-12(15)13(16)6-10/h2-3,6,11,17-18H,4-5,7-9H2,1H3. The van der Waals surface area contributed by atoms with E-state index in [1.54, 1.807) is 6.92 Å². The third-order valence-corrected chi connectivity index (χ3v) is 3.25. The fourth-order valence-corrected chi connectivity index (χ4v) is 2.44. The monoisotopic (exact) mass is 271 g/mol. The average Bonchev–Trinajstić information content (AvgIpc) is 2.34. The van der Waals surface area contributed by atoms with Crippen molar-refractivity contribution in [3.63, 3.8) is 0 Å². The summed E-state index contributed by atoms with van der Waals surface area (Å²) in [6.45, 7) is 3.71. The van der Waals surface area contributed by atoms with Gasteiger partial charge in [-0.3, -0.25) is 0 Å². The smallest absolute Gasteiger partial charge is 0.159 e. The summed E-state index contributed by atoms with van der Waals surface area (Å²) >= 11 is 0. The predicted molar refractivity (Wildman–Crippen MR) is 67.9 cm³/mol. The lowest BCUT2D eigenvalue weighted by atomic mass is 9.89. The van der Waals surface area contributed by atoms with Gasteiger partial charge in [-0.25, -0.2) is 8.78 Å². The predicted octanol–water partition coefficient (Wildman–Crippen LogP) is 1.64. The summed E-state index contributed by atoms with van der Waals surface area (Å²) in [4.78, 5) is 0. The summed E-state index contributed by atoms with van der Waals surface area (Å²) in [5.41, 5.74) is -0.400. The van der Waals surface area contributed by atoms with Gasteiger partial charge >= 0.3 is 0 Å². The van der Waals surface area contributed by atoms with E-state index in [4.69, 9.17) is 4.74 Å². The van der Waals surface area contributed by atoms with Gasteiger partial charge in [-0.05, 0) is 31.0 Å². The number of benzene rings is 1. The normalized spacial score (nSPS) is 23.1. The molecule has 0 spiro atoms. The number of nitrogens with one attached hydrogen (secondary N) is 1. The van der Waals surface area contributed by atoms with Gasteiger partial charge in [-0.1, -0.05) is 6.07 Å². The van der Waals surface area contributed by atoms with Gasteiger partial charge in [-0.15, -0.1) is 0 Å². The lowest BCUT2D eigenvalue weighted by molar-refractivity contribution is 0.00646.